The smallest absolute Gasteiger partial charge is 0.345 e. The number of aromatic carboxylic acids is 1. The van der Waals surface area contributed by atoms with E-state index < -0.39 is 16.0 Å². The van der Waals surface area contributed by atoms with Crippen LogP contribution >= 0.6 is 11.3 Å². The summed E-state index contributed by atoms with van der Waals surface area (Å²) in [4.78, 5) is 10.7. The van der Waals surface area contributed by atoms with E-state index in [1.807, 2.05) is 0 Å². The van der Waals surface area contributed by atoms with Gasteiger partial charge in [0.1, 0.15) is 9.77 Å². The number of nitriles is 1. The van der Waals surface area contributed by atoms with E-state index in [1.165, 1.54) is 13.1 Å². The van der Waals surface area contributed by atoms with Crippen LogP contribution in [-0.2, 0) is 10.0 Å². The average Bonchev–Trinajstić information content (AvgIpc) is 2.47. The van der Waals surface area contributed by atoms with Gasteiger partial charge < -0.3 is 5.11 Å². The molecule has 0 aliphatic heterocycles. The maximum Gasteiger partial charge on any atom is 0.345 e. The zero-order chi connectivity index (χ0) is 11.6. The van der Waals surface area contributed by atoms with Crippen LogP contribution in [0.5, 0.6) is 0 Å². The number of thiophene rings is 1. The first-order valence-corrected chi connectivity index (χ1v) is 5.93. The molecule has 1 rings (SSSR count). The van der Waals surface area contributed by atoms with Crippen LogP contribution in [0.15, 0.2) is 11.0 Å². The van der Waals surface area contributed by atoms with Gasteiger partial charge in [0, 0.05) is 4.88 Å². The van der Waals surface area contributed by atoms with Gasteiger partial charge in [-0.3, -0.25) is 0 Å². The van der Waals surface area contributed by atoms with Crippen LogP contribution < -0.4 is 4.72 Å². The fourth-order valence-electron chi connectivity index (χ4n) is 0.953. The Kier molecular flexibility index (Phi) is 2.97. The minimum absolute atomic E-state index is 0.0779. The molecule has 0 radical (unpaired) electrons. The molecular weight excluding hydrogens is 240 g/mol. The zero-order valence-electron chi connectivity index (χ0n) is 7.51. The summed E-state index contributed by atoms with van der Waals surface area (Å²) in [5, 5.41) is 16.9. The SMILES string of the molecule is Cc1sc(C(=O)O)cc1S(=O)(=O)NC#N. The van der Waals surface area contributed by atoms with Crippen molar-refractivity contribution in [3.05, 3.63) is 15.8 Å². The highest BCUT2D eigenvalue weighted by Crippen LogP contribution is 2.25. The third-order valence-electron chi connectivity index (χ3n) is 1.55. The Morgan fingerprint density at radius 3 is 2.67 bits per heavy atom. The summed E-state index contributed by atoms with van der Waals surface area (Å²) in [6.07, 6.45) is 1.29. The van der Waals surface area contributed by atoms with Crippen LogP contribution in [0.25, 0.3) is 0 Å². The molecule has 6 nitrogen and oxygen atoms in total. The Morgan fingerprint density at radius 1 is 1.67 bits per heavy atom. The number of aryl methyl sites for hydroxylation is 1. The van der Waals surface area contributed by atoms with Crippen LogP contribution in [0.4, 0.5) is 0 Å². The van der Waals surface area contributed by atoms with Crippen LogP contribution in [0.2, 0.25) is 0 Å². The predicted octanol–water partition coefficient (Wildman–Crippen LogP) is 0.514. The molecule has 2 N–H and O–H groups in total. The number of carboxylic acid groups (broad SMARTS) is 1. The number of nitrogens with zero attached hydrogens (tertiary/aromatic N) is 1. The first kappa shape index (κ1) is 11.5. The monoisotopic (exact) mass is 246 g/mol. The Bertz CT molecular complexity index is 538. The second-order valence-electron chi connectivity index (χ2n) is 2.55. The number of rotatable bonds is 3. The number of hydrogen-bond acceptors (Lipinski definition) is 5. The van der Waals surface area contributed by atoms with Crippen LogP contribution in [0.1, 0.15) is 14.5 Å². The van der Waals surface area contributed by atoms with E-state index in [-0.39, 0.29) is 9.77 Å². The molecule has 8 heteroatoms. The van der Waals surface area contributed by atoms with Gasteiger partial charge in [0.15, 0.2) is 6.19 Å². The van der Waals surface area contributed by atoms with E-state index in [0.29, 0.717) is 4.88 Å². The van der Waals surface area contributed by atoms with Gasteiger partial charge >= 0.3 is 5.97 Å². The Morgan fingerprint density at radius 2 is 2.27 bits per heavy atom. The van der Waals surface area contributed by atoms with Gasteiger partial charge in [-0.05, 0) is 13.0 Å². The average molecular weight is 246 g/mol. The second-order valence-corrected chi connectivity index (χ2v) is 5.46. The van der Waals surface area contributed by atoms with Crippen LogP contribution in [0.3, 0.4) is 0 Å². The molecule has 0 saturated heterocycles. The molecule has 0 fully saturated rings. The largest absolute Gasteiger partial charge is 0.477 e. The zero-order valence-corrected chi connectivity index (χ0v) is 9.15. The summed E-state index contributed by atoms with van der Waals surface area (Å²) in [6.45, 7) is 1.48. The highest BCUT2D eigenvalue weighted by atomic mass is 32.2. The van der Waals surface area contributed by atoms with Crippen molar-refractivity contribution in [3.8, 4) is 6.19 Å². The standard InChI is InChI=1S/C7H6N2O4S2/c1-4-6(15(12,13)9-3-8)2-5(14-4)7(10)11/h2,9H,1H3,(H,10,11). The molecule has 0 amide bonds. The fourth-order valence-corrected chi connectivity index (χ4v) is 3.12. The molecular formula is C7H6N2O4S2. The van der Waals surface area contributed by atoms with E-state index in [0.717, 1.165) is 17.4 Å². The van der Waals surface area contributed by atoms with Crippen molar-refractivity contribution >= 4 is 27.3 Å². The lowest BCUT2D eigenvalue weighted by molar-refractivity contribution is 0.0702. The van der Waals surface area contributed by atoms with Crippen molar-refractivity contribution in [2.24, 2.45) is 0 Å². The maximum absolute atomic E-state index is 11.4. The van der Waals surface area contributed by atoms with Gasteiger partial charge in [-0.15, -0.1) is 11.3 Å². The van der Waals surface area contributed by atoms with E-state index in [4.69, 9.17) is 10.4 Å². The quantitative estimate of drug-likeness (QED) is 0.597. The lowest BCUT2D eigenvalue weighted by Gasteiger charge is -1.97. The summed E-state index contributed by atoms with van der Waals surface area (Å²) >= 11 is 0.847. The summed E-state index contributed by atoms with van der Waals surface area (Å²) in [7, 11) is -3.92. The molecule has 0 unspecified atom stereocenters. The molecule has 1 heterocycles. The van der Waals surface area contributed by atoms with E-state index in [9.17, 15) is 13.2 Å². The highest BCUT2D eigenvalue weighted by Gasteiger charge is 2.21. The maximum atomic E-state index is 11.4. The molecule has 0 saturated carbocycles. The molecule has 1 aromatic heterocycles. The first-order chi connectivity index (χ1) is 6.88. The Hall–Kier alpha value is -1.59. The Balaban J connectivity index is 3.29. The van der Waals surface area contributed by atoms with Crippen molar-refractivity contribution in [1.82, 2.24) is 4.72 Å². The summed E-state index contributed by atoms with van der Waals surface area (Å²) in [5.41, 5.74) is 0. The highest BCUT2D eigenvalue weighted by molar-refractivity contribution is 7.89. The van der Waals surface area contributed by atoms with Gasteiger partial charge in [0.2, 0.25) is 0 Å². The van der Waals surface area contributed by atoms with Crippen molar-refractivity contribution in [1.29, 1.82) is 5.26 Å². The van der Waals surface area contributed by atoms with Gasteiger partial charge in [-0.1, -0.05) is 0 Å². The van der Waals surface area contributed by atoms with E-state index >= 15 is 0 Å². The molecule has 80 valence electrons. The fraction of sp³-hybridized carbons (Fsp3) is 0.143. The molecule has 0 spiro atoms. The molecule has 0 aliphatic rings. The van der Waals surface area contributed by atoms with Gasteiger partial charge in [0.25, 0.3) is 10.0 Å². The first-order valence-electron chi connectivity index (χ1n) is 3.63. The molecule has 1 aromatic rings. The lowest BCUT2D eigenvalue weighted by atomic mass is 10.4. The molecule has 0 aromatic carbocycles. The molecule has 0 aliphatic carbocycles. The van der Waals surface area contributed by atoms with Crippen molar-refractivity contribution in [2.45, 2.75) is 11.8 Å². The normalized spacial score (nSPS) is 10.7. The molecule has 0 bridgehead atoms. The number of hydrogen-bond donors (Lipinski definition) is 2. The number of nitrogens with one attached hydrogen (secondary N) is 1. The summed E-state index contributed by atoms with van der Waals surface area (Å²) in [6, 6.07) is 1.03. The van der Waals surface area contributed by atoms with Crippen molar-refractivity contribution in [3.63, 3.8) is 0 Å². The van der Waals surface area contributed by atoms with Gasteiger partial charge in [-0.2, -0.15) is 5.26 Å². The molecule has 15 heavy (non-hydrogen) atoms. The Labute approximate surface area is 89.8 Å². The topological polar surface area (TPSA) is 107 Å². The third-order valence-corrected chi connectivity index (χ3v) is 4.08. The third kappa shape index (κ3) is 2.26. The lowest BCUT2D eigenvalue weighted by Crippen LogP contribution is -2.18. The van der Waals surface area contributed by atoms with Gasteiger partial charge in [-0.25, -0.2) is 17.9 Å². The summed E-state index contributed by atoms with van der Waals surface area (Å²) in [5.74, 6) is -1.19. The van der Waals surface area contributed by atoms with Crippen molar-refractivity contribution in [2.75, 3.05) is 0 Å². The number of carbonyl (C=O) groups is 1. The minimum atomic E-state index is -3.92. The molecule has 0 atom stereocenters. The minimum Gasteiger partial charge on any atom is -0.477 e. The van der Waals surface area contributed by atoms with Gasteiger partial charge in [0.05, 0.1) is 0 Å². The van der Waals surface area contributed by atoms with Crippen LogP contribution in [0, 0.1) is 18.4 Å². The second kappa shape index (κ2) is 3.88. The van der Waals surface area contributed by atoms with E-state index in [2.05, 4.69) is 0 Å². The van der Waals surface area contributed by atoms with Crippen molar-refractivity contribution < 1.29 is 18.3 Å². The van der Waals surface area contributed by atoms with Crippen LogP contribution in [-0.4, -0.2) is 19.5 Å². The predicted molar refractivity (Wildman–Crippen MR) is 51.9 cm³/mol. The summed E-state index contributed by atoms with van der Waals surface area (Å²) < 4.78 is 24.4. The number of carboxylic acids is 1. The number of sulfonamides is 1. The van der Waals surface area contributed by atoms with E-state index in [1.54, 1.807) is 4.72 Å².